The Balaban J connectivity index is 2.24. The van der Waals surface area contributed by atoms with Crippen LogP contribution >= 0.6 is 0 Å². The van der Waals surface area contributed by atoms with Crippen LogP contribution in [0.4, 0.5) is 0 Å². The lowest BCUT2D eigenvalue weighted by atomic mass is 10.0. The maximum atomic E-state index is 12.1. The van der Waals surface area contributed by atoms with Gasteiger partial charge in [0.15, 0.2) is 5.78 Å². The number of unbranched alkanes of at least 4 members (excludes halogenated alkanes) is 7. The molecular formula is C20H31NO3. The maximum Gasteiger partial charge on any atom is 0.328 e. The minimum Gasteiger partial charge on any atom is -0.425 e. The van der Waals surface area contributed by atoms with Crippen LogP contribution in [-0.4, -0.2) is 17.8 Å². The van der Waals surface area contributed by atoms with E-state index in [4.69, 9.17) is 10.5 Å². The van der Waals surface area contributed by atoms with Gasteiger partial charge in [0.05, 0.1) is 0 Å². The quantitative estimate of drug-likeness (QED) is 0.261. The molecule has 4 nitrogen and oxygen atoms in total. The van der Waals surface area contributed by atoms with Crippen LogP contribution in [-0.2, 0) is 4.79 Å². The van der Waals surface area contributed by atoms with Gasteiger partial charge in [-0.15, -0.1) is 0 Å². The molecule has 0 aliphatic heterocycles. The van der Waals surface area contributed by atoms with Crippen LogP contribution in [0.5, 0.6) is 5.75 Å². The number of carbonyl (C=O) groups excluding carboxylic acids is 2. The van der Waals surface area contributed by atoms with Gasteiger partial charge < -0.3 is 10.5 Å². The van der Waals surface area contributed by atoms with Gasteiger partial charge in [0, 0.05) is 12.0 Å². The van der Waals surface area contributed by atoms with E-state index in [0.29, 0.717) is 17.7 Å². The average Bonchev–Trinajstić information content (AvgIpc) is 2.57. The number of ketones is 1. The SMILES string of the molecule is CCCCCCCCCCC(=O)c1ccc(OC(=O)[C@H](C)N)cc1. The van der Waals surface area contributed by atoms with E-state index in [1.54, 1.807) is 31.2 Å². The summed E-state index contributed by atoms with van der Waals surface area (Å²) in [6.07, 6.45) is 10.4. The number of carbonyl (C=O) groups is 2. The molecule has 1 rings (SSSR count). The minimum atomic E-state index is -0.659. The molecule has 0 bridgehead atoms. The molecule has 1 aromatic rings. The molecule has 0 fully saturated rings. The van der Waals surface area contributed by atoms with Crippen LogP contribution in [0.15, 0.2) is 24.3 Å². The minimum absolute atomic E-state index is 0.144. The summed E-state index contributed by atoms with van der Waals surface area (Å²) < 4.78 is 5.09. The number of esters is 1. The Hall–Kier alpha value is -1.68. The topological polar surface area (TPSA) is 69.4 Å². The Kier molecular flexibility index (Phi) is 10.0. The second-order valence-corrected chi connectivity index (χ2v) is 6.38. The molecule has 4 heteroatoms. The van der Waals surface area contributed by atoms with E-state index in [0.717, 1.165) is 12.8 Å². The fraction of sp³-hybridized carbons (Fsp3) is 0.600. The van der Waals surface area contributed by atoms with Gasteiger partial charge in [0.25, 0.3) is 0 Å². The highest BCUT2D eigenvalue weighted by Gasteiger charge is 2.11. The lowest BCUT2D eigenvalue weighted by molar-refractivity contribution is -0.135. The summed E-state index contributed by atoms with van der Waals surface area (Å²) in [7, 11) is 0. The van der Waals surface area contributed by atoms with Crippen LogP contribution in [0, 0.1) is 0 Å². The van der Waals surface area contributed by atoms with Crippen molar-refractivity contribution in [1.29, 1.82) is 0 Å². The van der Waals surface area contributed by atoms with Crippen molar-refractivity contribution in [2.75, 3.05) is 0 Å². The summed E-state index contributed by atoms with van der Waals surface area (Å²) >= 11 is 0. The van der Waals surface area contributed by atoms with E-state index < -0.39 is 12.0 Å². The molecule has 0 spiro atoms. The number of hydrogen-bond donors (Lipinski definition) is 1. The lowest BCUT2D eigenvalue weighted by Gasteiger charge is -2.07. The van der Waals surface area contributed by atoms with Crippen molar-refractivity contribution in [1.82, 2.24) is 0 Å². The Bertz CT molecular complexity index is 494. The number of benzene rings is 1. The predicted molar refractivity (Wildman–Crippen MR) is 97.3 cm³/mol. The van der Waals surface area contributed by atoms with E-state index in [1.165, 1.54) is 38.5 Å². The van der Waals surface area contributed by atoms with Crippen LogP contribution in [0.3, 0.4) is 0 Å². The first kappa shape index (κ1) is 20.4. The molecule has 0 aromatic heterocycles. The smallest absolute Gasteiger partial charge is 0.328 e. The molecule has 0 saturated heterocycles. The van der Waals surface area contributed by atoms with Crippen LogP contribution in [0.2, 0.25) is 0 Å². The highest BCUT2D eigenvalue weighted by atomic mass is 16.5. The number of Topliss-reactive ketones (excluding diaryl/α,β-unsaturated/α-hetero) is 1. The fourth-order valence-electron chi connectivity index (χ4n) is 2.48. The summed E-state index contributed by atoms with van der Waals surface area (Å²) in [6.45, 7) is 3.80. The zero-order chi connectivity index (χ0) is 17.8. The first-order valence-corrected chi connectivity index (χ1v) is 9.15. The zero-order valence-corrected chi connectivity index (χ0v) is 15.1. The van der Waals surface area contributed by atoms with Crippen LogP contribution in [0.1, 0.15) is 82.0 Å². The largest absolute Gasteiger partial charge is 0.425 e. The Morgan fingerprint density at radius 2 is 1.50 bits per heavy atom. The Morgan fingerprint density at radius 3 is 2.04 bits per heavy atom. The summed E-state index contributed by atoms with van der Waals surface area (Å²) in [4.78, 5) is 23.5. The van der Waals surface area contributed by atoms with Gasteiger partial charge in [-0.25, -0.2) is 4.79 Å². The molecule has 0 aliphatic carbocycles. The van der Waals surface area contributed by atoms with Crippen molar-refractivity contribution in [3.63, 3.8) is 0 Å². The average molecular weight is 333 g/mol. The highest BCUT2D eigenvalue weighted by molar-refractivity contribution is 5.96. The van der Waals surface area contributed by atoms with Gasteiger partial charge in [-0.2, -0.15) is 0 Å². The second-order valence-electron chi connectivity index (χ2n) is 6.38. The Labute approximate surface area is 145 Å². The molecule has 0 radical (unpaired) electrons. The van der Waals surface area contributed by atoms with Crippen molar-refractivity contribution in [2.45, 2.75) is 77.7 Å². The molecule has 0 amide bonds. The van der Waals surface area contributed by atoms with E-state index in [1.807, 2.05) is 0 Å². The van der Waals surface area contributed by atoms with Crippen LogP contribution < -0.4 is 10.5 Å². The zero-order valence-electron chi connectivity index (χ0n) is 15.1. The standard InChI is InChI=1S/C20H31NO3/c1-3-4-5-6-7-8-9-10-11-19(22)17-12-14-18(15-13-17)24-20(23)16(2)21/h12-16H,3-11,21H2,1-2H3/t16-/m0/s1. The fourth-order valence-corrected chi connectivity index (χ4v) is 2.48. The van der Waals surface area contributed by atoms with E-state index in [9.17, 15) is 9.59 Å². The molecule has 0 aliphatic rings. The van der Waals surface area contributed by atoms with Crippen molar-refractivity contribution in [3.05, 3.63) is 29.8 Å². The number of ether oxygens (including phenoxy) is 1. The van der Waals surface area contributed by atoms with E-state index in [2.05, 4.69) is 6.92 Å². The van der Waals surface area contributed by atoms with E-state index >= 15 is 0 Å². The third-order valence-electron chi connectivity index (χ3n) is 4.02. The molecule has 0 unspecified atom stereocenters. The van der Waals surface area contributed by atoms with Gasteiger partial charge >= 0.3 is 5.97 Å². The van der Waals surface area contributed by atoms with Gasteiger partial charge in [0.2, 0.25) is 0 Å². The predicted octanol–water partition coefficient (Wildman–Crippen LogP) is 4.65. The third kappa shape index (κ3) is 8.25. The molecule has 1 aromatic carbocycles. The van der Waals surface area contributed by atoms with Gasteiger partial charge in [-0.05, 0) is 37.6 Å². The molecule has 0 saturated carbocycles. The molecule has 1 atom stereocenters. The summed E-state index contributed by atoms with van der Waals surface area (Å²) in [6, 6.07) is 6.03. The molecular weight excluding hydrogens is 302 g/mol. The molecule has 24 heavy (non-hydrogen) atoms. The van der Waals surface area contributed by atoms with Crippen LogP contribution in [0.25, 0.3) is 0 Å². The summed E-state index contributed by atoms with van der Waals surface area (Å²) in [5, 5.41) is 0. The van der Waals surface area contributed by atoms with E-state index in [-0.39, 0.29) is 5.78 Å². The normalized spacial score (nSPS) is 12.0. The van der Waals surface area contributed by atoms with Crippen molar-refractivity contribution < 1.29 is 14.3 Å². The monoisotopic (exact) mass is 333 g/mol. The van der Waals surface area contributed by atoms with Crippen molar-refractivity contribution in [3.8, 4) is 5.75 Å². The molecule has 0 heterocycles. The summed E-state index contributed by atoms with van der Waals surface area (Å²) in [5.41, 5.74) is 6.11. The van der Waals surface area contributed by atoms with Gasteiger partial charge in [0.1, 0.15) is 11.8 Å². The maximum absolute atomic E-state index is 12.1. The summed E-state index contributed by atoms with van der Waals surface area (Å²) in [5.74, 6) is 0.0833. The third-order valence-corrected chi connectivity index (χ3v) is 4.02. The molecule has 134 valence electrons. The first-order valence-electron chi connectivity index (χ1n) is 9.15. The van der Waals surface area contributed by atoms with Crippen molar-refractivity contribution >= 4 is 11.8 Å². The molecule has 2 N–H and O–H groups in total. The lowest BCUT2D eigenvalue weighted by Crippen LogP contribution is -2.30. The number of nitrogens with two attached hydrogens (primary N) is 1. The van der Waals surface area contributed by atoms with Gasteiger partial charge in [-0.1, -0.05) is 51.9 Å². The highest BCUT2D eigenvalue weighted by Crippen LogP contribution is 2.16. The number of rotatable bonds is 12. The number of hydrogen-bond acceptors (Lipinski definition) is 4. The van der Waals surface area contributed by atoms with Gasteiger partial charge in [-0.3, -0.25) is 4.79 Å². The Morgan fingerprint density at radius 1 is 0.958 bits per heavy atom. The van der Waals surface area contributed by atoms with Crippen molar-refractivity contribution in [2.24, 2.45) is 5.73 Å². The first-order chi connectivity index (χ1) is 11.5. The second kappa shape index (κ2) is 11.8.